The van der Waals surface area contributed by atoms with Crippen molar-refractivity contribution in [1.82, 2.24) is 0 Å². The van der Waals surface area contributed by atoms with E-state index in [4.69, 9.17) is 0 Å². The highest BCUT2D eigenvalue weighted by molar-refractivity contribution is 14.1. The zero-order valence-electron chi connectivity index (χ0n) is 6.78. The van der Waals surface area contributed by atoms with Gasteiger partial charge in [-0.2, -0.15) is 0 Å². The van der Waals surface area contributed by atoms with E-state index in [0.717, 1.165) is 11.8 Å². The summed E-state index contributed by atoms with van der Waals surface area (Å²) < 4.78 is 1.39. The molecule has 1 heteroatoms. The van der Waals surface area contributed by atoms with Crippen molar-refractivity contribution < 1.29 is 0 Å². The molecule has 0 amide bonds. The lowest BCUT2D eigenvalue weighted by atomic mass is 9.79. The molecule has 1 fully saturated rings. The Kier molecular flexibility index (Phi) is 4.04. The molecular weight excluding hydrogens is 235 g/mol. The Morgan fingerprint density at radius 1 is 1.20 bits per heavy atom. The summed E-state index contributed by atoms with van der Waals surface area (Å²) in [5.41, 5.74) is 0. The van der Waals surface area contributed by atoms with Crippen molar-refractivity contribution in [2.75, 3.05) is 4.43 Å². The molecule has 0 aliphatic heterocycles. The normalized spacial score (nSPS) is 34.2. The Morgan fingerprint density at radius 2 is 1.80 bits per heavy atom. The van der Waals surface area contributed by atoms with E-state index < -0.39 is 0 Å². The van der Waals surface area contributed by atoms with Gasteiger partial charge in [-0.3, -0.25) is 0 Å². The first kappa shape index (κ1) is 8.82. The fraction of sp³-hybridized carbons (Fsp3) is 1.00. The lowest BCUT2D eigenvalue weighted by Crippen LogP contribution is -2.19. The summed E-state index contributed by atoms with van der Waals surface area (Å²) in [5.74, 6) is 2.12. The molecule has 1 rings (SSSR count). The van der Waals surface area contributed by atoms with Crippen LogP contribution in [0, 0.1) is 11.8 Å². The first-order valence-electron chi connectivity index (χ1n) is 4.44. The van der Waals surface area contributed by atoms with Crippen molar-refractivity contribution in [3.63, 3.8) is 0 Å². The van der Waals surface area contributed by atoms with Crippen LogP contribution in [0.15, 0.2) is 0 Å². The molecule has 1 saturated carbocycles. The fourth-order valence-electron chi connectivity index (χ4n) is 2.03. The Balaban J connectivity index is 2.34. The molecule has 0 bridgehead atoms. The Labute approximate surface area is 77.9 Å². The zero-order valence-corrected chi connectivity index (χ0v) is 8.93. The van der Waals surface area contributed by atoms with E-state index >= 15 is 0 Å². The molecule has 10 heavy (non-hydrogen) atoms. The second-order valence-electron chi connectivity index (χ2n) is 3.37. The van der Waals surface area contributed by atoms with Crippen molar-refractivity contribution in [1.29, 1.82) is 0 Å². The predicted molar refractivity (Wildman–Crippen MR) is 54.6 cm³/mol. The molecule has 1 aliphatic carbocycles. The molecule has 0 heterocycles. The summed E-state index contributed by atoms with van der Waals surface area (Å²) in [6.07, 6.45) is 7.40. The minimum atomic E-state index is 1.05. The number of alkyl halides is 1. The third kappa shape index (κ3) is 2.11. The SMILES string of the molecule is CCC1CCCCC1CI. The van der Waals surface area contributed by atoms with Gasteiger partial charge in [0.2, 0.25) is 0 Å². The van der Waals surface area contributed by atoms with Gasteiger partial charge in [-0.25, -0.2) is 0 Å². The van der Waals surface area contributed by atoms with Crippen LogP contribution in [0.3, 0.4) is 0 Å². The molecule has 2 atom stereocenters. The minimum Gasteiger partial charge on any atom is -0.0861 e. The third-order valence-corrected chi connectivity index (χ3v) is 3.92. The molecule has 0 N–H and O–H groups in total. The van der Waals surface area contributed by atoms with Gasteiger partial charge < -0.3 is 0 Å². The summed E-state index contributed by atoms with van der Waals surface area (Å²) in [7, 11) is 0. The van der Waals surface area contributed by atoms with Gasteiger partial charge in [0, 0.05) is 4.43 Å². The van der Waals surface area contributed by atoms with Gasteiger partial charge in [0.25, 0.3) is 0 Å². The molecule has 0 spiro atoms. The average Bonchev–Trinajstić information content (AvgIpc) is 2.04. The van der Waals surface area contributed by atoms with E-state index in [2.05, 4.69) is 29.5 Å². The maximum Gasteiger partial charge on any atom is 0.00263 e. The highest BCUT2D eigenvalue weighted by Crippen LogP contribution is 2.33. The van der Waals surface area contributed by atoms with Crippen molar-refractivity contribution in [3.8, 4) is 0 Å². The van der Waals surface area contributed by atoms with Crippen LogP contribution in [0.1, 0.15) is 39.0 Å². The summed E-state index contributed by atoms with van der Waals surface area (Å²) in [6.45, 7) is 2.34. The molecule has 60 valence electrons. The monoisotopic (exact) mass is 252 g/mol. The standard InChI is InChI=1S/C9H17I/c1-2-8-5-3-4-6-9(8)7-10/h8-9H,2-7H2,1H3. The second-order valence-corrected chi connectivity index (χ2v) is 4.25. The number of halogens is 1. The van der Waals surface area contributed by atoms with Crippen molar-refractivity contribution in [2.24, 2.45) is 11.8 Å². The van der Waals surface area contributed by atoms with Crippen LogP contribution in [0.25, 0.3) is 0 Å². The van der Waals surface area contributed by atoms with E-state index in [1.165, 1.54) is 36.5 Å². The molecule has 0 aromatic rings. The molecule has 0 aromatic heterocycles. The quantitative estimate of drug-likeness (QED) is 0.520. The van der Waals surface area contributed by atoms with Gasteiger partial charge in [-0.1, -0.05) is 55.2 Å². The van der Waals surface area contributed by atoms with Crippen LogP contribution in [0.5, 0.6) is 0 Å². The highest BCUT2D eigenvalue weighted by atomic mass is 127. The van der Waals surface area contributed by atoms with E-state index in [0.29, 0.717) is 0 Å². The van der Waals surface area contributed by atoms with Crippen LogP contribution >= 0.6 is 22.6 Å². The van der Waals surface area contributed by atoms with Crippen LogP contribution in [0.4, 0.5) is 0 Å². The summed E-state index contributed by atoms with van der Waals surface area (Å²) in [5, 5.41) is 0. The minimum absolute atomic E-state index is 1.05. The fourth-order valence-corrected chi connectivity index (χ4v) is 3.18. The first-order valence-corrected chi connectivity index (χ1v) is 5.97. The topological polar surface area (TPSA) is 0 Å². The van der Waals surface area contributed by atoms with E-state index in [1.54, 1.807) is 0 Å². The number of hydrogen-bond acceptors (Lipinski definition) is 0. The van der Waals surface area contributed by atoms with E-state index in [1.807, 2.05) is 0 Å². The van der Waals surface area contributed by atoms with Gasteiger partial charge in [-0.05, 0) is 18.3 Å². The molecule has 0 nitrogen and oxygen atoms in total. The van der Waals surface area contributed by atoms with Crippen LogP contribution in [-0.4, -0.2) is 4.43 Å². The van der Waals surface area contributed by atoms with Crippen molar-refractivity contribution >= 4 is 22.6 Å². The van der Waals surface area contributed by atoms with Crippen LogP contribution < -0.4 is 0 Å². The lowest BCUT2D eigenvalue weighted by Gasteiger charge is -2.29. The maximum absolute atomic E-state index is 2.55. The van der Waals surface area contributed by atoms with E-state index in [9.17, 15) is 0 Å². The Bertz CT molecular complexity index is 78.7. The third-order valence-electron chi connectivity index (χ3n) is 2.79. The molecule has 0 aromatic carbocycles. The molecule has 0 saturated heterocycles. The maximum atomic E-state index is 2.55. The smallest absolute Gasteiger partial charge is 0.00263 e. The van der Waals surface area contributed by atoms with Gasteiger partial charge in [0.1, 0.15) is 0 Å². The summed E-state index contributed by atoms with van der Waals surface area (Å²) >= 11 is 2.55. The Morgan fingerprint density at radius 3 is 2.20 bits per heavy atom. The summed E-state index contributed by atoms with van der Waals surface area (Å²) in [4.78, 5) is 0. The van der Waals surface area contributed by atoms with E-state index in [-0.39, 0.29) is 0 Å². The highest BCUT2D eigenvalue weighted by Gasteiger charge is 2.21. The molecule has 0 radical (unpaired) electrons. The summed E-state index contributed by atoms with van der Waals surface area (Å²) in [6, 6.07) is 0. The molecular formula is C9H17I. The van der Waals surface area contributed by atoms with Gasteiger partial charge in [-0.15, -0.1) is 0 Å². The largest absolute Gasteiger partial charge is 0.0861 e. The van der Waals surface area contributed by atoms with Crippen molar-refractivity contribution in [2.45, 2.75) is 39.0 Å². The van der Waals surface area contributed by atoms with Crippen molar-refractivity contribution in [3.05, 3.63) is 0 Å². The molecule has 2 unspecified atom stereocenters. The van der Waals surface area contributed by atoms with Gasteiger partial charge in [0.15, 0.2) is 0 Å². The molecule has 1 aliphatic rings. The van der Waals surface area contributed by atoms with Gasteiger partial charge >= 0.3 is 0 Å². The first-order chi connectivity index (χ1) is 4.88. The number of hydrogen-bond donors (Lipinski definition) is 0. The average molecular weight is 252 g/mol. The number of rotatable bonds is 2. The van der Waals surface area contributed by atoms with Crippen LogP contribution in [0.2, 0.25) is 0 Å². The lowest BCUT2D eigenvalue weighted by molar-refractivity contribution is 0.257. The van der Waals surface area contributed by atoms with Gasteiger partial charge in [0.05, 0.1) is 0 Å². The predicted octanol–water partition coefficient (Wildman–Crippen LogP) is 3.64. The zero-order chi connectivity index (χ0) is 7.40. The second kappa shape index (κ2) is 4.58. The van der Waals surface area contributed by atoms with Crippen LogP contribution in [-0.2, 0) is 0 Å². The Hall–Kier alpha value is 0.730.